The lowest BCUT2D eigenvalue weighted by atomic mass is 9.89. The van der Waals surface area contributed by atoms with Crippen LogP contribution in [0.15, 0.2) is 30.5 Å². The number of aromatic nitrogens is 3. The SMILES string of the molecule is Cl.Cl.OC(c1ccccn1)C1CCN(Cc2cc3n(n2)CCNC3)CC1. The molecule has 0 saturated carbocycles. The van der Waals surface area contributed by atoms with Gasteiger partial charge in [-0.2, -0.15) is 5.10 Å². The number of rotatable bonds is 4. The summed E-state index contributed by atoms with van der Waals surface area (Å²) in [5, 5.41) is 18.6. The summed E-state index contributed by atoms with van der Waals surface area (Å²) in [5.74, 6) is 0.301. The van der Waals surface area contributed by atoms with Crippen LogP contribution in [0.5, 0.6) is 0 Å². The molecule has 2 aromatic heterocycles. The third-order valence-electron chi connectivity index (χ3n) is 5.18. The molecular formula is C18H27Cl2N5O. The van der Waals surface area contributed by atoms with Gasteiger partial charge in [-0.05, 0) is 50.0 Å². The zero-order valence-electron chi connectivity index (χ0n) is 14.8. The van der Waals surface area contributed by atoms with Crippen molar-refractivity contribution in [3.05, 3.63) is 47.5 Å². The molecule has 0 amide bonds. The minimum Gasteiger partial charge on any atom is -0.387 e. The molecule has 1 unspecified atom stereocenters. The van der Waals surface area contributed by atoms with Gasteiger partial charge in [0.25, 0.3) is 0 Å². The fourth-order valence-corrected chi connectivity index (χ4v) is 3.78. The maximum atomic E-state index is 10.5. The topological polar surface area (TPSA) is 66.2 Å². The molecule has 26 heavy (non-hydrogen) atoms. The Hall–Kier alpha value is -1.18. The van der Waals surface area contributed by atoms with Crippen LogP contribution in [0.2, 0.25) is 0 Å². The van der Waals surface area contributed by atoms with Crippen molar-refractivity contribution in [2.24, 2.45) is 5.92 Å². The van der Waals surface area contributed by atoms with Crippen LogP contribution < -0.4 is 5.32 Å². The second-order valence-corrected chi connectivity index (χ2v) is 6.84. The molecule has 1 atom stereocenters. The average Bonchev–Trinajstić information content (AvgIpc) is 3.05. The monoisotopic (exact) mass is 399 g/mol. The summed E-state index contributed by atoms with van der Waals surface area (Å²) in [6.45, 7) is 5.82. The number of piperidine rings is 1. The normalized spacial score (nSPS) is 19.1. The second kappa shape index (κ2) is 9.67. The van der Waals surface area contributed by atoms with Gasteiger partial charge < -0.3 is 10.4 Å². The van der Waals surface area contributed by atoms with Gasteiger partial charge in [-0.3, -0.25) is 14.6 Å². The lowest BCUT2D eigenvalue weighted by Gasteiger charge is -2.33. The molecule has 8 heteroatoms. The van der Waals surface area contributed by atoms with E-state index in [0.29, 0.717) is 5.92 Å². The molecule has 144 valence electrons. The predicted molar refractivity (Wildman–Crippen MR) is 106 cm³/mol. The molecule has 2 aliphatic rings. The highest BCUT2D eigenvalue weighted by molar-refractivity contribution is 5.85. The molecule has 2 N–H and O–H groups in total. The van der Waals surface area contributed by atoms with Gasteiger partial charge in [0.1, 0.15) is 0 Å². The Bertz CT molecular complexity index is 650. The molecular weight excluding hydrogens is 373 g/mol. The third kappa shape index (κ3) is 4.75. The van der Waals surface area contributed by atoms with Gasteiger partial charge in [-0.1, -0.05) is 6.07 Å². The Morgan fingerprint density at radius 1 is 1.19 bits per heavy atom. The van der Waals surface area contributed by atoms with E-state index in [1.54, 1.807) is 6.20 Å². The minimum atomic E-state index is -0.445. The van der Waals surface area contributed by atoms with Gasteiger partial charge in [0.05, 0.1) is 29.7 Å². The standard InChI is InChI=1S/C18H25N5O.2ClH/c24-18(17-3-1-2-6-20-17)14-4-8-22(9-5-14)13-15-11-16-12-19-7-10-23(16)21-15;;/h1-3,6,11,14,18-19,24H,4-5,7-10,12-13H2;2*1H. The van der Waals surface area contributed by atoms with Gasteiger partial charge in [0.15, 0.2) is 0 Å². The maximum absolute atomic E-state index is 10.5. The number of hydrogen-bond acceptors (Lipinski definition) is 5. The van der Waals surface area contributed by atoms with E-state index < -0.39 is 6.10 Å². The second-order valence-electron chi connectivity index (χ2n) is 6.84. The highest BCUT2D eigenvalue weighted by atomic mass is 35.5. The predicted octanol–water partition coefficient (Wildman–Crippen LogP) is 2.17. The van der Waals surface area contributed by atoms with Crippen molar-refractivity contribution in [1.29, 1.82) is 0 Å². The van der Waals surface area contributed by atoms with Crippen molar-refractivity contribution in [3.63, 3.8) is 0 Å². The molecule has 6 nitrogen and oxygen atoms in total. The molecule has 0 aliphatic carbocycles. The maximum Gasteiger partial charge on any atom is 0.0988 e. The van der Waals surface area contributed by atoms with Gasteiger partial charge >= 0.3 is 0 Å². The van der Waals surface area contributed by atoms with Crippen molar-refractivity contribution in [1.82, 2.24) is 25.0 Å². The van der Waals surface area contributed by atoms with E-state index in [1.165, 1.54) is 5.69 Å². The summed E-state index contributed by atoms with van der Waals surface area (Å²) in [7, 11) is 0. The van der Waals surface area contributed by atoms with Crippen LogP contribution >= 0.6 is 24.8 Å². The quantitative estimate of drug-likeness (QED) is 0.824. The van der Waals surface area contributed by atoms with Crippen LogP contribution in [-0.4, -0.2) is 44.4 Å². The molecule has 0 aromatic carbocycles. The molecule has 1 saturated heterocycles. The molecule has 2 aromatic rings. The van der Waals surface area contributed by atoms with Gasteiger partial charge in [0, 0.05) is 25.8 Å². The summed E-state index contributed by atoms with van der Waals surface area (Å²) in [5.41, 5.74) is 3.25. The number of nitrogens with zero attached hydrogens (tertiary/aromatic N) is 4. The number of fused-ring (bicyclic) bond motifs is 1. The van der Waals surface area contributed by atoms with Crippen molar-refractivity contribution in [3.8, 4) is 0 Å². The fourth-order valence-electron chi connectivity index (χ4n) is 3.78. The summed E-state index contributed by atoms with van der Waals surface area (Å²) in [6.07, 6.45) is 3.32. The Balaban J connectivity index is 0.00000121. The Morgan fingerprint density at radius 2 is 2.00 bits per heavy atom. The number of aliphatic hydroxyl groups excluding tert-OH is 1. The van der Waals surface area contributed by atoms with E-state index in [-0.39, 0.29) is 24.8 Å². The first kappa shape index (κ1) is 21.1. The van der Waals surface area contributed by atoms with E-state index >= 15 is 0 Å². The number of halogens is 2. The van der Waals surface area contributed by atoms with Crippen LogP contribution in [0.1, 0.15) is 36.0 Å². The summed E-state index contributed by atoms with van der Waals surface area (Å²) in [4.78, 5) is 6.74. The molecule has 1 fully saturated rings. The Morgan fingerprint density at radius 3 is 2.69 bits per heavy atom. The first-order valence-corrected chi connectivity index (χ1v) is 8.87. The summed E-state index contributed by atoms with van der Waals surface area (Å²) >= 11 is 0. The Labute approximate surface area is 166 Å². The van der Waals surface area contributed by atoms with Crippen LogP contribution in [0.25, 0.3) is 0 Å². The largest absolute Gasteiger partial charge is 0.387 e. The van der Waals surface area contributed by atoms with Crippen molar-refractivity contribution < 1.29 is 5.11 Å². The Kier molecular flexibility index (Phi) is 7.85. The van der Waals surface area contributed by atoms with Gasteiger partial charge in [-0.25, -0.2) is 0 Å². The first-order valence-electron chi connectivity index (χ1n) is 8.87. The van der Waals surface area contributed by atoms with E-state index in [0.717, 1.165) is 63.5 Å². The van der Waals surface area contributed by atoms with Crippen LogP contribution in [0, 0.1) is 5.92 Å². The molecule has 2 aliphatic heterocycles. The van der Waals surface area contributed by atoms with Crippen molar-refractivity contribution >= 4 is 24.8 Å². The van der Waals surface area contributed by atoms with E-state index in [9.17, 15) is 5.11 Å². The van der Waals surface area contributed by atoms with Crippen LogP contribution in [0.3, 0.4) is 0 Å². The molecule has 4 heterocycles. The molecule has 4 rings (SSSR count). The third-order valence-corrected chi connectivity index (χ3v) is 5.18. The van der Waals surface area contributed by atoms with Gasteiger partial charge in [0.2, 0.25) is 0 Å². The average molecular weight is 400 g/mol. The number of nitrogens with one attached hydrogen (secondary N) is 1. The first-order chi connectivity index (χ1) is 11.8. The molecule has 0 spiro atoms. The van der Waals surface area contributed by atoms with E-state index in [2.05, 4.69) is 25.9 Å². The number of pyridine rings is 1. The van der Waals surface area contributed by atoms with Gasteiger partial charge in [-0.15, -0.1) is 24.8 Å². The summed E-state index contributed by atoms with van der Waals surface area (Å²) in [6, 6.07) is 7.97. The minimum absolute atomic E-state index is 0. The van der Waals surface area contributed by atoms with Crippen LogP contribution in [-0.2, 0) is 19.6 Å². The number of hydrogen-bond donors (Lipinski definition) is 2. The highest BCUT2D eigenvalue weighted by Gasteiger charge is 2.27. The smallest absolute Gasteiger partial charge is 0.0988 e. The summed E-state index contributed by atoms with van der Waals surface area (Å²) < 4.78 is 2.13. The molecule has 0 bridgehead atoms. The zero-order valence-corrected chi connectivity index (χ0v) is 16.4. The van der Waals surface area contributed by atoms with E-state index in [1.807, 2.05) is 18.2 Å². The number of likely N-dealkylation sites (tertiary alicyclic amines) is 1. The lowest BCUT2D eigenvalue weighted by molar-refractivity contribution is 0.0536. The number of aliphatic hydroxyl groups is 1. The molecule has 0 radical (unpaired) electrons. The van der Waals surface area contributed by atoms with Crippen molar-refractivity contribution in [2.45, 2.75) is 38.6 Å². The van der Waals surface area contributed by atoms with Crippen molar-refractivity contribution in [2.75, 3.05) is 19.6 Å². The zero-order chi connectivity index (χ0) is 16.4. The lowest BCUT2D eigenvalue weighted by Crippen LogP contribution is -2.35. The highest BCUT2D eigenvalue weighted by Crippen LogP contribution is 2.30. The van der Waals surface area contributed by atoms with Crippen LogP contribution in [0.4, 0.5) is 0 Å². The van der Waals surface area contributed by atoms with E-state index in [4.69, 9.17) is 5.10 Å². The fraction of sp³-hybridized carbons (Fsp3) is 0.556.